The van der Waals surface area contributed by atoms with Crippen LogP contribution in [0.1, 0.15) is 47.2 Å². The van der Waals surface area contributed by atoms with Crippen molar-refractivity contribution in [1.82, 2.24) is 19.8 Å². The van der Waals surface area contributed by atoms with E-state index in [4.69, 9.17) is 53.0 Å². The Labute approximate surface area is 427 Å². The molecule has 3 heterocycles. The van der Waals surface area contributed by atoms with Crippen molar-refractivity contribution in [2.75, 3.05) is 56.8 Å². The van der Waals surface area contributed by atoms with Gasteiger partial charge in [-0.3, -0.25) is 9.59 Å². The highest BCUT2D eigenvalue weighted by Crippen LogP contribution is 2.23. The Kier molecular flexibility index (Phi) is 21.4. The first-order valence-corrected chi connectivity index (χ1v) is 24.0. The molecule has 4 aromatic carbocycles. The summed E-state index contributed by atoms with van der Waals surface area (Å²) in [6, 6.07) is 26.8. The van der Waals surface area contributed by atoms with Gasteiger partial charge in [0, 0.05) is 35.6 Å². The molecule has 0 saturated carbocycles. The number of H-pyrrole nitrogens is 2. The summed E-state index contributed by atoms with van der Waals surface area (Å²) in [6.45, 7) is 13.9. The first-order valence-electron chi connectivity index (χ1n) is 23.2. The van der Waals surface area contributed by atoms with Crippen LogP contribution in [0.4, 0.5) is 11.4 Å². The Bertz CT molecular complexity index is 2930. The van der Waals surface area contributed by atoms with Gasteiger partial charge >= 0.3 is 6.15 Å². The number of aliphatic hydroxyl groups excluding tert-OH is 4. The van der Waals surface area contributed by atoms with Crippen LogP contribution in [0.25, 0.3) is 21.8 Å². The molecule has 7 rings (SSSR count). The molecule has 384 valence electrons. The van der Waals surface area contributed by atoms with Crippen molar-refractivity contribution in [2.24, 2.45) is 0 Å². The average Bonchev–Trinajstić information content (AvgIpc) is 3.33. The molecule has 1 fully saturated rings. The molecule has 18 nitrogen and oxygen atoms in total. The van der Waals surface area contributed by atoms with Gasteiger partial charge in [0.2, 0.25) is 0 Å². The first kappa shape index (κ1) is 56.3. The van der Waals surface area contributed by atoms with Crippen LogP contribution in [-0.2, 0) is 32.2 Å². The smallest absolute Gasteiger partial charge is 0.373 e. The number of fused-ring (bicyclic) bond motifs is 2. The molecule has 72 heavy (non-hydrogen) atoms. The Morgan fingerprint density at radius 3 is 1.54 bits per heavy atom. The Hall–Kier alpha value is -6.58. The van der Waals surface area contributed by atoms with Crippen molar-refractivity contribution in [3.63, 3.8) is 0 Å². The van der Waals surface area contributed by atoms with Gasteiger partial charge in [0.1, 0.15) is 29.8 Å². The highest BCUT2D eigenvalue weighted by molar-refractivity contribution is 7.80. The van der Waals surface area contributed by atoms with Crippen LogP contribution in [0.2, 0.25) is 0 Å². The SMILES string of the molecule is CCOc1ccc(NC(=S)N(CCO)Cc2cc3cc(C)cc(C)c3[nH]c2=O)cc1.CCOc1ccc(NC(=S)N(CCOC2OCC(O)C(O)C2O)Cc2cc3cc(C)cc(C)c3[nH]c2=O)cc1.O=C=O. The van der Waals surface area contributed by atoms with Gasteiger partial charge < -0.3 is 69.8 Å². The maximum atomic E-state index is 13.0. The summed E-state index contributed by atoms with van der Waals surface area (Å²) >= 11 is 11.3. The highest BCUT2D eigenvalue weighted by Gasteiger charge is 2.38. The number of hydrogen-bond donors (Lipinski definition) is 8. The summed E-state index contributed by atoms with van der Waals surface area (Å²) in [5, 5.41) is 48.4. The lowest BCUT2D eigenvalue weighted by molar-refractivity contribution is -0.269. The summed E-state index contributed by atoms with van der Waals surface area (Å²) in [4.78, 5) is 51.5. The van der Waals surface area contributed by atoms with E-state index in [0.29, 0.717) is 47.7 Å². The van der Waals surface area contributed by atoms with Crippen LogP contribution in [-0.4, -0.2) is 127 Å². The van der Waals surface area contributed by atoms with E-state index < -0.39 is 24.6 Å². The van der Waals surface area contributed by atoms with E-state index in [0.717, 1.165) is 66.9 Å². The fourth-order valence-corrected chi connectivity index (χ4v) is 8.50. The molecule has 0 bridgehead atoms. The van der Waals surface area contributed by atoms with E-state index in [1.54, 1.807) is 9.80 Å². The Morgan fingerprint density at radius 2 is 1.12 bits per heavy atom. The van der Waals surface area contributed by atoms with Gasteiger partial charge in [0.25, 0.3) is 11.1 Å². The second-order valence-corrected chi connectivity index (χ2v) is 17.7. The van der Waals surface area contributed by atoms with E-state index in [1.807, 2.05) is 120 Å². The number of pyridine rings is 2. The maximum absolute atomic E-state index is 13.0. The predicted octanol–water partition coefficient (Wildman–Crippen LogP) is 5.35. The van der Waals surface area contributed by atoms with Crippen molar-refractivity contribution in [2.45, 2.75) is 79.2 Å². The van der Waals surface area contributed by atoms with Gasteiger partial charge in [0.15, 0.2) is 16.5 Å². The standard InChI is InChI=1S/C28H35N3O7S.C23H27N3O3S.CO2/c1-4-36-21-7-5-20(6-8-21)29-28(39)31(9-10-37-27-25(34)24(33)22(32)15-38-27)14-19-13-18-12-16(2)11-17(3)23(18)30-26(19)35;1-4-29-20-7-5-19(6-8-20)24-23(30)26(9-10-27)14-18-13-17-12-15(2)11-16(3)21(17)25-22(18)28;2-1-3/h5-8,11-13,22,24-25,27,32-34H,4,9-10,14-15H2,1-3H3,(H,29,39)(H,30,35);5-8,11-13,27H,4,9-10,14H2,1-3H3,(H,24,30)(H,25,28);. The van der Waals surface area contributed by atoms with Crippen molar-refractivity contribution in [3.05, 3.63) is 139 Å². The van der Waals surface area contributed by atoms with Crippen molar-refractivity contribution < 1.29 is 49.0 Å². The molecule has 0 amide bonds. The van der Waals surface area contributed by atoms with Crippen LogP contribution in [0.5, 0.6) is 11.5 Å². The number of ether oxygens (including phenoxy) is 4. The summed E-state index contributed by atoms with van der Waals surface area (Å²) in [5.41, 5.74) is 8.20. The lowest BCUT2D eigenvalue weighted by atomic mass is 10.1. The Balaban J connectivity index is 0.000000261. The quantitative estimate of drug-likeness (QED) is 0.0569. The number of aromatic nitrogens is 2. The number of aliphatic hydroxyl groups is 4. The van der Waals surface area contributed by atoms with E-state index in [1.165, 1.54) is 0 Å². The number of benzene rings is 4. The Morgan fingerprint density at radius 1 is 0.694 bits per heavy atom. The summed E-state index contributed by atoms with van der Waals surface area (Å²) in [5.74, 6) is 1.53. The number of anilines is 2. The molecule has 0 radical (unpaired) electrons. The van der Waals surface area contributed by atoms with Crippen LogP contribution in [0.15, 0.2) is 94.5 Å². The fraction of sp³-hybridized carbons (Fsp3) is 0.365. The van der Waals surface area contributed by atoms with Crippen LogP contribution in [0.3, 0.4) is 0 Å². The predicted molar refractivity (Wildman–Crippen MR) is 282 cm³/mol. The molecule has 8 N–H and O–H groups in total. The zero-order chi connectivity index (χ0) is 52.5. The third kappa shape index (κ3) is 15.7. The first-order chi connectivity index (χ1) is 34.5. The lowest BCUT2D eigenvalue weighted by Gasteiger charge is -2.35. The molecule has 1 aliphatic rings. The van der Waals surface area contributed by atoms with Crippen LogP contribution >= 0.6 is 24.4 Å². The monoisotopic (exact) mass is 1030 g/mol. The van der Waals surface area contributed by atoms with E-state index in [-0.39, 0.29) is 50.2 Å². The molecule has 4 unspecified atom stereocenters. The second kappa shape index (κ2) is 27.3. The lowest BCUT2D eigenvalue weighted by Crippen LogP contribution is -2.54. The number of nitrogens with zero attached hydrogens (tertiary/aromatic N) is 2. The maximum Gasteiger partial charge on any atom is 0.373 e. The summed E-state index contributed by atoms with van der Waals surface area (Å²) in [6.07, 6.45) is -4.81. The summed E-state index contributed by atoms with van der Waals surface area (Å²) in [7, 11) is 0. The number of aromatic amines is 2. The zero-order valence-electron chi connectivity index (χ0n) is 41.0. The molecule has 20 heteroatoms. The average molecular weight is 1030 g/mol. The van der Waals surface area contributed by atoms with E-state index in [2.05, 4.69) is 26.7 Å². The number of carbonyl (C=O) groups excluding carboxylic acids is 2. The third-order valence-corrected chi connectivity index (χ3v) is 12.1. The number of nitrogens with one attached hydrogen (secondary N) is 4. The second-order valence-electron chi connectivity index (χ2n) is 16.9. The number of rotatable bonds is 16. The van der Waals surface area contributed by atoms with Gasteiger partial charge in [-0.05, 0) is 161 Å². The van der Waals surface area contributed by atoms with Gasteiger partial charge in [-0.15, -0.1) is 0 Å². The van der Waals surface area contributed by atoms with E-state index in [9.17, 15) is 30.0 Å². The number of hydrogen-bond acceptors (Lipinski definition) is 14. The molecule has 4 atom stereocenters. The number of aryl methyl sites for hydroxylation is 4. The molecular weight excluding hydrogens is 965 g/mol. The van der Waals surface area contributed by atoms with Crippen molar-refractivity contribution in [1.29, 1.82) is 0 Å². The molecule has 0 spiro atoms. The topological polar surface area (TPSA) is 248 Å². The molecule has 2 aromatic heterocycles. The fourth-order valence-electron chi connectivity index (χ4n) is 7.95. The minimum Gasteiger partial charge on any atom is -0.494 e. The zero-order valence-corrected chi connectivity index (χ0v) is 42.7. The number of thiocarbonyl (C=S) groups is 2. The molecule has 0 aliphatic carbocycles. The molecule has 1 aliphatic heterocycles. The van der Waals surface area contributed by atoms with E-state index >= 15 is 0 Å². The normalized spacial score (nSPS) is 16.0. The van der Waals surface area contributed by atoms with Crippen molar-refractivity contribution in [3.8, 4) is 11.5 Å². The molecule has 6 aromatic rings. The third-order valence-electron chi connectivity index (χ3n) is 11.3. The van der Waals surface area contributed by atoms with Crippen LogP contribution < -0.4 is 31.2 Å². The van der Waals surface area contributed by atoms with Gasteiger partial charge in [-0.1, -0.05) is 23.3 Å². The minimum absolute atomic E-state index is 0.0688. The van der Waals surface area contributed by atoms with Gasteiger partial charge in [-0.2, -0.15) is 9.59 Å². The largest absolute Gasteiger partial charge is 0.494 e. The van der Waals surface area contributed by atoms with Crippen molar-refractivity contribution >= 4 is 74.0 Å². The van der Waals surface area contributed by atoms with Crippen LogP contribution in [0, 0.1) is 27.7 Å². The summed E-state index contributed by atoms with van der Waals surface area (Å²) < 4.78 is 22.0. The molecular formula is C52H62N6O12S2. The highest BCUT2D eigenvalue weighted by atomic mass is 32.1. The minimum atomic E-state index is -1.40. The van der Waals surface area contributed by atoms with Gasteiger partial charge in [-0.25, -0.2) is 0 Å². The van der Waals surface area contributed by atoms with Gasteiger partial charge in [0.05, 0.1) is 57.2 Å². The molecule has 1 saturated heterocycles.